The van der Waals surface area contributed by atoms with Crippen molar-refractivity contribution < 1.29 is 25.2 Å². The highest BCUT2D eigenvalue weighted by atomic mass is 16.6. The Bertz CT molecular complexity index is 1110. The van der Waals surface area contributed by atoms with Crippen molar-refractivity contribution >= 4 is 17.0 Å². The molecule has 0 bridgehead atoms. The van der Waals surface area contributed by atoms with Gasteiger partial charge in [-0.1, -0.05) is 12.8 Å². The molecule has 5 rings (SSSR count). The van der Waals surface area contributed by atoms with Crippen molar-refractivity contribution in [3.05, 3.63) is 42.1 Å². The van der Waals surface area contributed by atoms with Crippen LogP contribution in [-0.2, 0) is 4.74 Å². The van der Waals surface area contributed by atoms with Gasteiger partial charge in [-0.3, -0.25) is 5.32 Å². The average molecular weight is 454 g/mol. The lowest BCUT2D eigenvalue weighted by Gasteiger charge is -2.19. The Morgan fingerprint density at radius 2 is 1.76 bits per heavy atom. The van der Waals surface area contributed by atoms with Crippen molar-refractivity contribution in [1.82, 2.24) is 15.3 Å². The molecule has 8 nitrogen and oxygen atoms in total. The maximum absolute atomic E-state index is 12.4. The molecule has 0 aliphatic heterocycles. The number of nitrogens with zero attached hydrogens (tertiary/aromatic N) is 2. The predicted molar refractivity (Wildman–Crippen MR) is 124 cm³/mol. The second-order valence-electron chi connectivity index (χ2n) is 8.79. The highest BCUT2D eigenvalue weighted by molar-refractivity contribution is 5.86. The number of rotatable bonds is 6. The molecule has 3 aliphatic carbocycles. The molecule has 8 heteroatoms. The van der Waals surface area contributed by atoms with Gasteiger partial charge in [-0.25, -0.2) is 14.8 Å². The minimum atomic E-state index is -0.348. The molecule has 1 N–H and O–H groups in total. The number of allylic oxidation sites excluding steroid dienone is 4. The summed E-state index contributed by atoms with van der Waals surface area (Å²) in [7, 11) is 3.18. The van der Waals surface area contributed by atoms with Gasteiger partial charge in [-0.2, -0.15) is 0 Å². The van der Waals surface area contributed by atoms with Crippen LogP contribution in [0.5, 0.6) is 17.4 Å². The third-order valence-electron chi connectivity index (χ3n) is 6.62. The third kappa shape index (κ3) is 4.60. The highest BCUT2D eigenvalue weighted by Gasteiger charge is 2.46. The molecule has 2 saturated carbocycles. The molecule has 1 aromatic heterocycles. The SMILES string of the molecule is COc1cc2ncnc(OC3=CC=C(NC(=O)OC4CCCCCC4)C4CC34)c2cc1OC.[HH]. The van der Waals surface area contributed by atoms with E-state index in [1.165, 1.54) is 19.2 Å². The first-order valence-corrected chi connectivity index (χ1v) is 11.6. The molecule has 1 heterocycles. The first kappa shape index (κ1) is 21.6. The summed E-state index contributed by atoms with van der Waals surface area (Å²) < 4.78 is 22.7. The number of amides is 1. The molecule has 1 aromatic carbocycles. The van der Waals surface area contributed by atoms with Crippen LogP contribution in [0.25, 0.3) is 10.9 Å². The Kier molecular flexibility index (Phi) is 6.07. The molecule has 3 aliphatic rings. The van der Waals surface area contributed by atoms with Crippen molar-refractivity contribution in [3.63, 3.8) is 0 Å². The number of hydrogen-bond acceptors (Lipinski definition) is 7. The van der Waals surface area contributed by atoms with E-state index in [0.29, 0.717) is 22.9 Å². The van der Waals surface area contributed by atoms with Gasteiger partial charge in [0.1, 0.15) is 18.2 Å². The number of methoxy groups -OCH3 is 2. The van der Waals surface area contributed by atoms with Gasteiger partial charge in [0.05, 0.1) is 25.1 Å². The van der Waals surface area contributed by atoms with Crippen molar-refractivity contribution in [3.8, 4) is 17.4 Å². The normalized spacial score (nSPS) is 22.4. The molecule has 2 unspecified atom stereocenters. The number of fused-ring (bicyclic) bond motifs is 2. The Morgan fingerprint density at radius 3 is 2.52 bits per heavy atom. The second kappa shape index (κ2) is 9.29. The van der Waals surface area contributed by atoms with Crippen LogP contribution in [0.4, 0.5) is 4.79 Å². The van der Waals surface area contributed by atoms with Crippen molar-refractivity contribution in [2.24, 2.45) is 11.8 Å². The first-order valence-electron chi connectivity index (χ1n) is 11.6. The molecular formula is C25H31N3O5. The van der Waals surface area contributed by atoms with E-state index in [4.69, 9.17) is 18.9 Å². The molecule has 1 amide bonds. The fourth-order valence-corrected chi connectivity index (χ4v) is 4.73. The van der Waals surface area contributed by atoms with Crippen LogP contribution < -0.4 is 19.5 Å². The van der Waals surface area contributed by atoms with Crippen LogP contribution in [0, 0.1) is 11.8 Å². The zero-order valence-electron chi connectivity index (χ0n) is 19.0. The number of aromatic nitrogens is 2. The van der Waals surface area contributed by atoms with E-state index in [1.54, 1.807) is 20.3 Å². The van der Waals surface area contributed by atoms with Crippen LogP contribution in [0.1, 0.15) is 46.4 Å². The smallest absolute Gasteiger partial charge is 0.411 e. The second-order valence-corrected chi connectivity index (χ2v) is 8.79. The number of ether oxygens (including phenoxy) is 4. The lowest BCUT2D eigenvalue weighted by Crippen LogP contribution is -2.30. The summed E-state index contributed by atoms with van der Waals surface area (Å²) in [5, 5.41) is 3.71. The Hall–Kier alpha value is -3.29. The van der Waals surface area contributed by atoms with E-state index in [0.717, 1.165) is 48.9 Å². The van der Waals surface area contributed by atoms with Gasteiger partial charge in [-0.15, -0.1) is 0 Å². The van der Waals surface area contributed by atoms with Crippen molar-refractivity contribution in [1.29, 1.82) is 0 Å². The summed E-state index contributed by atoms with van der Waals surface area (Å²) >= 11 is 0. The van der Waals surface area contributed by atoms with Crippen LogP contribution in [0.2, 0.25) is 0 Å². The van der Waals surface area contributed by atoms with Gasteiger partial charge in [0.15, 0.2) is 11.5 Å². The number of carbonyl (C=O) groups is 1. The predicted octanol–water partition coefficient (Wildman–Crippen LogP) is 5.14. The van der Waals surface area contributed by atoms with Crippen molar-refractivity contribution in [2.45, 2.75) is 51.0 Å². The van der Waals surface area contributed by atoms with Crippen LogP contribution in [0.3, 0.4) is 0 Å². The van der Waals surface area contributed by atoms with E-state index in [1.807, 2.05) is 18.2 Å². The standard InChI is InChI=1S/C25H29N3O5.H2/c1-30-22-12-18-20(13-23(22)31-2)26-14-27-24(18)33-21-10-9-19(16-11-17(16)21)28-25(29)32-15-7-5-3-4-6-8-15;/h9-10,12-17H,3-8,11H2,1-2H3,(H,28,29);1H. The van der Waals surface area contributed by atoms with Gasteiger partial charge < -0.3 is 18.9 Å². The van der Waals surface area contributed by atoms with E-state index < -0.39 is 0 Å². The minimum absolute atomic E-state index is 0. The van der Waals surface area contributed by atoms with E-state index in [-0.39, 0.29) is 25.5 Å². The quantitative estimate of drug-likeness (QED) is 0.606. The largest absolute Gasteiger partial charge is 0.493 e. The summed E-state index contributed by atoms with van der Waals surface area (Å²) in [5.41, 5.74) is 1.60. The highest BCUT2D eigenvalue weighted by Crippen LogP contribution is 2.51. The summed E-state index contributed by atoms with van der Waals surface area (Å²) in [6.45, 7) is 0. The summed E-state index contributed by atoms with van der Waals surface area (Å²) in [4.78, 5) is 21.1. The maximum atomic E-state index is 12.4. The molecular weight excluding hydrogens is 422 g/mol. The molecule has 33 heavy (non-hydrogen) atoms. The fourth-order valence-electron chi connectivity index (χ4n) is 4.73. The number of alkyl carbamates (subject to hydrolysis) is 1. The molecule has 0 saturated heterocycles. The molecule has 2 atom stereocenters. The van der Waals surface area contributed by atoms with Gasteiger partial charge in [0.2, 0.25) is 5.88 Å². The first-order chi connectivity index (χ1) is 16.2. The molecule has 0 radical (unpaired) electrons. The molecule has 2 fully saturated rings. The Labute approximate surface area is 194 Å². The number of hydrogen-bond donors (Lipinski definition) is 1. The monoisotopic (exact) mass is 453 g/mol. The lowest BCUT2D eigenvalue weighted by atomic mass is 10.1. The molecule has 176 valence electrons. The zero-order chi connectivity index (χ0) is 22.8. The van der Waals surface area contributed by atoms with Gasteiger partial charge in [0.25, 0.3) is 0 Å². The van der Waals surface area contributed by atoms with Gasteiger partial charge in [0, 0.05) is 25.0 Å². The average Bonchev–Trinajstić information content (AvgIpc) is 3.65. The van der Waals surface area contributed by atoms with E-state index in [2.05, 4.69) is 15.3 Å². The van der Waals surface area contributed by atoms with E-state index in [9.17, 15) is 4.79 Å². The lowest BCUT2D eigenvalue weighted by molar-refractivity contribution is 0.0906. The molecule has 2 aromatic rings. The van der Waals surface area contributed by atoms with Crippen LogP contribution in [-0.4, -0.2) is 36.4 Å². The summed E-state index contributed by atoms with van der Waals surface area (Å²) in [6, 6.07) is 3.63. The minimum Gasteiger partial charge on any atom is -0.493 e. The summed E-state index contributed by atoms with van der Waals surface area (Å²) in [5.74, 6) is 2.93. The number of nitrogens with one attached hydrogen (secondary N) is 1. The third-order valence-corrected chi connectivity index (χ3v) is 6.62. The Balaban J connectivity index is 0.00000274. The van der Waals surface area contributed by atoms with E-state index >= 15 is 0 Å². The van der Waals surface area contributed by atoms with Gasteiger partial charge in [-0.05, 0) is 50.3 Å². The zero-order valence-corrected chi connectivity index (χ0v) is 19.0. The molecule has 0 spiro atoms. The van der Waals surface area contributed by atoms with Crippen molar-refractivity contribution in [2.75, 3.05) is 14.2 Å². The topological polar surface area (TPSA) is 91.8 Å². The fraction of sp³-hybridized carbons (Fsp3) is 0.480. The van der Waals surface area contributed by atoms with Crippen LogP contribution in [0.15, 0.2) is 42.1 Å². The number of carbonyl (C=O) groups excluding carboxylic acids is 1. The van der Waals surface area contributed by atoms with Gasteiger partial charge >= 0.3 is 6.09 Å². The maximum Gasteiger partial charge on any atom is 0.411 e. The number of benzene rings is 1. The summed E-state index contributed by atoms with van der Waals surface area (Å²) in [6.07, 6.45) is 12.5. The van der Waals surface area contributed by atoms with Crippen LogP contribution >= 0.6 is 0 Å². The Morgan fingerprint density at radius 1 is 1.00 bits per heavy atom.